The van der Waals surface area contributed by atoms with E-state index in [1.807, 2.05) is 45.0 Å². The molecule has 0 amide bonds. The Labute approximate surface area is 107 Å². The standard InChI is InChI=1S/C12H14N2O2.C2H6/c1-7-9(6-10(13)12(15)16)8-4-2-3-5-11(8)14-7;1-2/h2-5,10,14H,6,13H2,1H3,(H,15,16);1-2H3. The van der Waals surface area contributed by atoms with E-state index in [2.05, 4.69) is 4.98 Å². The van der Waals surface area contributed by atoms with Crippen molar-refractivity contribution in [3.05, 3.63) is 35.5 Å². The summed E-state index contributed by atoms with van der Waals surface area (Å²) < 4.78 is 0. The molecule has 1 unspecified atom stereocenters. The van der Waals surface area contributed by atoms with Gasteiger partial charge in [-0.1, -0.05) is 32.0 Å². The maximum Gasteiger partial charge on any atom is 0.320 e. The first-order valence-corrected chi connectivity index (χ1v) is 6.14. The summed E-state index contributed by atoms with van der Waals surface area (Å²) in [7, 11) is 0. The van der Waals surface area contributed by atoms with Crippen LogP contribution in [0.3, 0.4) is 0 Å². The lowest BCUT2D eigenvalue weighted by atomic mass is 10.0. The summed E-state index contributed by atoms with van der Waals surface area (Å²) in [6.45, 7) is 5.93. The number of carboxylic acid groups (broad SMARTS) is 1. The normalized spacial score (nSPS) is 11.8. The largest absolute Gasteiger partial charge is 0.480 e. The van der Waals surface area contributed by atoms with Gasteiger partial charge in [0.2, 0.25) is 0 Å². The molecule has 0 aliphatic heterocycles. The Bertz CT molecular complexity index is 532. The van der Waals surface area contributed by atoms with Crippen molar-refractivity contribution in [2.24, 2.45) is 5.73 Å². The van der Waals surface area contributed by atoms with E-state index in [0.717, 1.165) is 22.2 Å². The quantitative estimate of drug-likeness (QED) is 0.780. The maximum atomic E-state index is 10.7. The van der Waals surface area contributed by atoms with Crippen molar-refractivity contribution < 1.29 is 9.90 Å². The number of hydrogen-bond donors (Lipinski definition) is 3. The number of aromatic nitrogens is 1. The Balaban J connectivity index is 0.000000771. The summed E-state index contributed by atoms with van der Waals surface area (Å²) in [5.74, 6) is -0.968. The molecule has 0 fully saturated rings. The van der Waals surface area contributed by atoms with E-state index >= 15 is 0 Å². The zero-order valence-electron chi connectivity index (χ0n) is 11.0. The molecule has 0 saturated carbocycles. The minimum atomic E-state index is -0.968. The fourth-order valence-electron chi connectivity index (χ4n) is 1.90. The van der Waals surface area contributed by atoms with E-state index in [-0.39, 0.29) is 0 Å². The van der Waals surface area contributed by atoms with Crippen LogP contribution in [-0.2, 0) is 11.2 Å². The van der Waals surface area contributed by atoms with E-state index in [4.69, 9.17) is 10.8 Å². The average Bonchev–Trinajstić information content (AvgIpc) is 2.68. The van der Waals surface area contributed by atoms with Gasteiger partial charge in [-0.15, -0.1) is 0 Å². The number of nitrogens with one attached hydrogen (secondary N) is 1. The number of carboxylic acids is 1. The van der Waals surface area contributed by atoms with E-state index in [9.17, 15) is 4.79 Å². The molecule has 4 nitrogen and oxygen atoms in total. The van der Waals surface area contributed by atoms with Crippen LogP contribution in [0.15, 0.2) is 24.3 Å². The Morgan fingerprint density at radius 2 is 2.00 bits per heavy atom. The first-order chi connectivity index (χ1) is 8.59. The van der Waals surface area contributed by atoms with Gasteiger partial charge in [-0.3, -0.25) is 4.79 Å². The van der Waals surface area contributed by atoms with E-state index < -0.39 is 12.0 Å². The Morgan fingerprint density at radius 3 is 2.61 bits per heavy atom. The zero-order valence-corrected chi connectivity index (χ0v) is 11.0. The molecule has 0 aliphatic carbocycles. The number of aryl methyl sites for hydroxylation is 1. The molecule has 1 aromatic heterocycles. The number of fused-ring (bicyclic) bond motifs is 1. The Morgan fingerprint density at radius 1 is 1.39 bits per heavy atom. The molecule has 0 saturated heterocycles. The highest BCUT2D eigenvalue weighted by Gasteiger charge is 2.16. The van der Waals surface area contributed by atoms with Crippen molar-refractivity contribution in [1.82, 2.24) is 4.98 Å². The zero-order chi connectivity index (χ0) is 13.7. The molecule has 1 heterocycles. The van der Waals surface area contributed by atoms with Crippen LogP contribution < -0.4 is 5.73 Å². The van der Waals surface area contributed by atoms with Gasteiger partial charge in [0.1, 0.15) is 6.04 Å². The summed E-state index contributed by atoms with van der Waals surface area (Å²) in [6.07, 6.45) is 0.352. The second kappa shape index (κ2) is 6.21. The fourth-order valence-corrected chi connectivity index (χ4v) is 1.90. The van der Waals surface area contributed by atoms with E-state index in [1.54, 1.807) is 0 Å². The minimum absolute atomic E-state index is 0.352. The summed E-state index contributed by atoms with van der Waals surface area (Å²) >= 11 is 0. The average molecular weight is 248 g/mol. The van der Waals surface area contributed by atoms with Gasteiger partial charge in [0, 0.05) is 23.0 Å². The second-order valence-electron chi connectivity index (χ2n) is 3.92. The maximum absolute atomic E-state index is 10.7. The van der Waals surface area contributed by atoms with Gasteiger partial charge in [-0.2, -0.15) is 0 Å². The SMILES string of the molecule is CC.Cc1[nH]c2ccccc2c1CC(N)C(=O)O. The molecule has 1 atom stereocenters. The summed E-state index contributed by atoms with van der Waals surface area (Å²) in [5, 5.41) is 9.86. The third-order valence-electron chi connectivity index (χ3n) is 2.77. The van der Waals surface area contributed by atoms with Gasteiger partial charge in [0.15, 0.2) is 0 Å². The van der Waals surface area contributed by atoms with Crippen LogP contribution in [0.25, 0.3) is 10.9 Å². The number of H-pyrrole nitrogens is 1. The molecule has 18 heavy (non-hydrogen) atoms. The number of rotatable bonds is 3. The molecule has 2 aromatic rings. The molecule has 4 N–H and O–H groups in total. The molecular formula is C14H20N2O2. The van der Waals surface area contributed by atoms with Crippen molar-refractivity contribution in [2.45, 2.75) is 33.2 Å². The van der Waals surface area contributed by atoms with Crippen LogP contribution in [0.4, 0.5) is 0 Å². The van der Waals surface area contributed by atoms with Crippen molar-refractivity contribution in [1.29, 1.82) is 0 Å². The topological polar surface area (TPSA) is 79.1 Å². The monoisotopic (exact) mass is 248 g/mol. The van der Waals surface area contributed by atoms with Crippen molar-refractivity contribution >= 4 is 16.9 Å². The van der Waals surface area contributed by atoms with E-state index in [1.165, 1.54) is 0 Å². The first kappa shape index (κ1) is 14.3. The van der Waals surface area contributed by atoms with Crippen LogP contribution in [0.1, 0.15) is 25.1 Å². The van der Waals surface area contributed by atoms with Crippen LogP contribution in [0, 0.1) is 6.92 Å². The molecule has 1 aromatic carbocycles. The molecule has 2 rings (SSSR count). The third kappa shape index (κ3) is 2.90. The predicted molar refractivity (Wildman–Crippen MR) is 73.7 cm³/mol. The van der Waals surface area contributed by atoms with Crippen LogP contribution >= 0.6 is 0 Å². The van der Waals surface area contributed by atoms with Crippen LogP contribution in [0.2, 0.25) is 0 Å². The van der Waals surface area contributed by atoms with Crippen LogP contribution in [-0.4, -0.2) is 22.1 Å². The highest BCUT2D eigenvalue weighted by molar-refractivity contribution is 5.85. The van der Waals surface area contributed by atoms with Gasteiger partial charge in [0.25, 0.3) is 0 Å². The molecule has 0 spiro atoms. The van der Waals surface area contributed by atoms with Gasteiger partial charge >= 0.3 is 5.97 Å². The third-order valence-corrected chi connectivity index (χ3v) is 2.77. The molecule has 0 bridgehead atoms. The first-order valence-electron chi connectivity index (χ1n) is 6.14. The highest BCUT2D eigenvalue weighted by Crippen LogP contribution is 2.22. The highest BCUT2D eigenvalue weighted by atomic mass is 16.4. The molecule has 0 aliphatic rings. The lowest BCUT2D eigenvalue weighted by Crippen LogP contribution is -2.32. The number of para-hydroxylation sites is 1. The van der Waals surface area contributed by atoms with Crippen molar-refractivity contribution in [3.8, 4) is 0 Å². The summed E-state index contributed by atoms with van der Waals surface area (Å²) in [4.78, 5) is 14.0. The minimum Gasteiger partial charge on any atom is -0.480 e. The fraction of sp³-hybridized carbons (Fsp3) is 0.357. The molecule has 0 radical (unpaired) electrons. The van der Waals surface area contributed by atoms with Gasteiger partial charge in [-0.25, -0.2) is 0 Å². The lowest BCUT2D eigenvalue weighted by molar-refractivity contribution is -0.138. The summed E-state index contributed by atoms with van der Waals surface area (Å²) in [6, 6.07) is 6.98. The van der Waals surface area contributed by atoms with E-state index in [0.29, 0.717) is 6.42 Å². The second-order valence-corrected chi connectivity index (χ2v) is 3.92. The number of nitrogens with two attached hydrogens (primary N) is 1. The van der Waals surface area contributed by atoms with Gasteiger partial charge in [0.05, 0.1) is 0 Å². The van der Waals surface area contributed by atoms with Crippen LogP contribution in [0.5, 0.6) is 0 Å². The Kier molecular flexibility index (Phi) is 4.92. The number of hydrogen-bond acceptors (Lipinski definition) is 2. The predicted octanol–water partition coefficient (Wildman–Crippen LogP) is 2.46. The summed E-state index contributed by atoms with van der Waals surface area (Å²) in [5.41, 5.74) is 8.55. The van der Waals surface area contributed by atoms with Crippen molar-refractivity contribution in [2.75, 3.05) is 0 Å². The van der Waals surface area contributed by atoms with Gasteiger partial charge < -0.3 is 15.8 Å². The van der Waals surface area contributed by atoms with Crippen molar-refractivity contribution in [3.63, 3.8) is 0 Å². The Hall–Kier alpha value is -1.81. The number of aliphatic carboxylic acids is 1. The smallest absolute Gasteiger partial charge is 0.320 e. The molecular weight excluding hydrogens is 228 g/mol. The molecule has 4 heteroatoms. The molecule has 98 valence electrons. The number of benzene rings is 1. The lowest BCUT2D eigenvalue weighted by Gasteiger charge is -2.06. The van der Waals surface area contributed by atoms with Gasteiger partial charge in [-0.05, 0) is 18.6 Å². The number of carbonyl (C=O) groups is 1. The number of aromatic amines is 1.